The van der Waals surface area contributed by atoms with E-state index in [0.717, 1.165) is 44.5 Å². The normalized spacial score (nSPS) is 23.6. The summed E-state index contributed by atoms with van der Waals surface area (Å²) in [7, 11) is 2.09. The number of allylic oxidation sites excluding steroid dienone is 1. The van der Waals surface area contributed by atoms with Gasteiger partial charge in [-0.25, -0.2) is 0 Å². The van der Waals surface area contributed by atoms with Gasteiger partial charge < -0.3 is 26.4 Å². The quantitative estimate of drug-likeness (QED) is 0.292. The molecule has 4 rings (SSSR count). The van der Waals surface area contributed by atoms with Crippen molar-refractivity contribution in [2.45, 2.75) is 62.8 Å². The van der Waals surface area contributed by atoms with Gasteiger partial charge in [-0.05, 0) is 81.4 Å². The van der Waals surface area contributed by atoms with E-state index in [9.17, 15) is 18.3 Å². The fraction of sp³-hybridized carbons (Fsp3) is 0.484. The molecule has 2 aromatic carbocycles. The van der Waals surface area contributed by atoms with Crippen LogP contribution in [-0.4, -0.2) is 54.5 Å². The van der Waals surface area contributed by atoms with Crippen LogP contribution in [0.4, 0.5) is 18.9 Å². The van der Waals surface area contributed by atoms with Crippen LogP contribution in [0.3, 0.4) is 0 Å². The number of alkyl halides is 3. The van der Waals surface area contributed by atoms with Crippen molar-refractivity contribution >= 4 is 11.8 Å². The third-order valence-corrected chi connectivity index (χ3v) is 8.48. The summed E-state index contributed by atoms with van der Waals surface area (Å²) in [6.45, 7) is 7.06. The molecule has 2 aromatic rings. The molecule has 8 heteroatoms. The van der Waals surface area contributed by atoms with Crippen molar-refractivity contribution in [3.8, 4) is 0 Å². The summed E-state index contributed by atoms with van der Waals surface area (Å²) in [5.74, 6) is -0.531. The number of halogens is 3. The maximum absolute atomic E-state index is 13.6. The Kier molecular flexibility index (Phi) is 8.96. The lowest BCUT2D eigenvalue weighted by Crippen LogP contribution is -2.55. The minimum atomic E-state index is -4.50. The van der Waals surface area contributed by atoms with Gasteiger partial charge in [0.05, 0.1) is 11.4 Å². The largest absolute Gasteiger partial charge is 0.412 e. The summed E-state index contributed by atoms with van der Waals surface area (Å²) in [4.78, 5) is 2.27. The number of benzene rings is 2. The highest BCUT2D eigenvalue weighted by molar-refractivity contribution is 5.72. The van der Waals surface area contributed by atoms with Crippen LogP contribution >= 0.6 is 0 Å². The van der Waals surface area contributed by atoms with Gasteiger partial charge in [-0.3, -0.25) is 0 Å². The molecule has 1 heterocycles. The van der Waals surface area contributed by atoms with Crippen LogP contribution < -0.4 is 16.4 Å². The van der Waals surface area contributed by atoms with Crippen molar-refractivity contribution in [2.75, 3.05) is 32.0 Å². The van der Waals surface area contributed by atoms with Crippen LogP contribution in [0.15, 0.2) is 66.5 Å². The highest BCUT2D eigenvalue weighted by Crippen LogP contribution is 2.41. The zero-order valence-electron chi connectivity index (χ0n) is 22.9. The maximum atomic E-state index is 13.6. The monoisotopic (exact) mass is 542 g/mol. The molecular weight excluding hydrogens is 501 g/mol. The Labute approximate surface area is 230 Å². The molecule has 0 spiro atoms. The smallest absolute Gasteiger partial charge is 0.388 e. The third-order valence-electron chi connectivity index (χ3n) is 8.48. The second-order valence-corrected chi connectivity index (χ2v) is 11.3. The molecule has 5 N–H and O–H groups in total. The molecule has 5 nitrogen and oxygen atoms in total. The lowest BCUT2D eigenvalue weighted by molar-refractivity contribution is -0.0949. The van der Waals surface area contributed by atoms with E-state index < -0.39 is 23.3 Å². The molecule has 2 fully saturated rings. The second-order valence-electron chi connectivity index (χ2n) is 11.3. The molecule has 0 amide bonds. The Morgan fingerprint density at radius 1 is 1.15 bits per heavy atom. The van der Waals surface area contributed by atoms with Gasteiger partial charge in [-0.15, -0.1) is 0 Å². The number of nitrogens with two attached hydrogens (primary N) is 1. The lowest BCUT2D eigenvalue weighted by atomic mass is 9.67. The van der Waals surface area contributed by atoms with Gasteiger partial charge >= 0.3 is 6.18 Å². The van der Waals surface area contributed by atoms with Crippen molar-refractivity contribution in [1.29, 1.82) is 0 Å². The summed E-state index contributed by atoms with van der Waals surface area (Å²) < 4.78 is 40.7. The van der Waals surface area contributed by atoms with Crippen LogP contribution in [-0.2, 0) is 6.42 Å². The van der Waals surface area contributed by atoms with Crippen LogP contribution in [0.2, 0.25) is 0 Å². The number of likely N-dealkylation sites (tertiary alicyclic amines) is 1. The van der Waals surface area contributed by atoms with Crippen molar-refractivity contribution in [2.24, 2.45) is 11.7 Å². The molecule has 0 radical (unpaired) electrons. The van der Waals surface area contributed by atoms with Crippen molar-refractivity contribution in [1.82, 2.24) is 10.2 Å². The Bertz CT molecular complexity index is 1160. The van der Waals surface area contributed by atoms with E-state index in [1.807, 2.05) is 24.3 Å². The number of anilines is 1. The predicted molar refractivity (Wildman–Crippen MR) is 152 cm³/mol. The molecule has 1 aliphatic heterocycles. The predicted octanol–water partition coefficient (Wildman–Crippen LogP) is 5.65. The van der Waals surface area contributed by atoms with E-state index in [2.05, 4.69) is 41.3 Å². The average Bonchev–Trinajstić information content (AvgIpc) is 2.91. The molecular formula is C31H41F3N4O. The second kappa shape index (κ2) is 12.0. The topological polar surface area (TPSA) is 73.5 Å². The van der Waals surface area contributed by atoms with Crippen LogP contribution in [0.5, 0.6) is 0 Å². The molecule has 0 bridgehead atoms. The summed E-state index contributed by atoms with van der Waals surface area (Å²) in [5, 5.41) is 18.0. The van der Waals surface area contributed by atoms with E-state index in [0.29, 0.717) is 23.4 Å². The molecule has 2 aliphatic rings. The summed E-state index contributed by atoms with van der Waals surface area (Å²) in [5.41, 5.74) is 7.76. The Hall–Kier alpha value is -2.97. The standard InChI is InChI=1S/C31H41F3N4O/c1-21(22(2)31(32,33)34)26-10-7-11-28(37-25-13-16-38(3)17-14-25)27(26)19-29(35)36-20-30(39)15-12-24(30)18-23-8-5-4-6-9-23/h4-11,19,21,24-25,36-37,39H,2,12-18,20,35H2,1,3H3/b29-19+/t21?,24-,30+/m0/s1. The fourth-order valence-electron chi connectivity index (χ4n) is 5.62. The van der Waals surface area contributed by atoms with E-state index >= 15 is 0 Å². The van der Waals surface area contributed by atoms with E-state index in [-0.39, 0.29) is 18.5 Å². The van der Waals surface area contributed by atoms with Crippen LogP contribution in [0.1, 0.15) is 55.2 Å². The molecule has 39 heavy (non-hydrogen) atoms. The average molecular weight is 543 g/mol. The fourth-order valence-corrected chi connectivity index (χ4v) is 5.62. The highest BCUT2D eigenvalue weighted by atomic mass is 19.4. The molecule has 1 saturated heterocycles. The molecule has 1 aliphatic carbocycles. The molecule has 212 valence electrons. The Morgan fingerprint density at radius 3 is 2.46 bits per heavy atom. The number of piperidine rings is 1. The zero-order valence-corrected chi connectivity index (χ0v) is 22.9. The van der Waals surface area contributed by atoms with Crippen molar-refractivity contribution in [3.63, 3.8) is 0 Å². The first-order chi connectivity index (χ1) is 18.5. The zero-order chi connectivity index (χ0) is 28.2. The van der Waals surface area contributed by atoms with Gasteiger partial charge in [0.15, 0.2) is 0 Å². The first kappa shape index (κ1) is 29.0. The van der Waals surface area contributed by atoms with Crippen molar-refractivity contribution in [3.05, 3.63) is 83.2 Å². The Balaban J connectivity index is 1.54. The van der Waals surface area contributed by atoms with Crippen LogP contribution in [0.25, 0.3) is 6.08 Å². The number of hydrogen-bond donors (Lipinski definition) is 4. The summed E-state index contributed by atoms with van der Waals surface area (Å²) in [6, 6.07) is 15.7. The SMILES string of the molecule is C=C(C(C)c1cccc(NC2CCN(C)CC2)c1/C=C(\N)NC[C@]1(O)CC[C@H]1Cc1ccccc1)C(F)(F)F. The minimum absolute atomic E-state index is 0.115. The number of aliphatic hydroxyl groups is 1. The summed E-state index contributed by atoms with van der Waals surface area (Å²) >= 11 is 0. The van der Waals surface area contributed by atoms with Crippen molar-refractivity contribution < 1.29 is 18.3 Å². The lowest BCUT2D eigenvalue weighted by Gasteiger charge is -2.46. The van der Waals surface area contributed by atoms with Gasteiger partial charge in [-0.1, -0.05) is 56.0 Å². The van der Waals surface area contributed by atoms with Crippen LogP contribution in [0, 0.1) is 5.92 Å². The maximum Gasteiger partial charge on any atom is 0.412 e. The molecule has 1 saturated carbocycles. The van der Waals surface area contributed by atoms with Gasteiger partial charge in [0.25, 0.3) is 0 Å². The Morgan fingerprint density at radius 2 is 1.85 bits per heavy atom. The number of hydrogen-bond acceptors (Lipinski definition) is 5. The first-order valence-corrected chi connectivity index (χ1v) is 13.8. The van der Waals surface area contributed by atoms with E-state index in [1.54, 1.807) is 18.2 Å². The highest BCUT2D eigenvalue weighted by Gasteiger charge is 2.44. The number of nitrogens with zero attached hydrogens (tertiary/aromatic N) is 1. The van der Waals surface area contributed by atoms with E-state index in [1.165, 1.54) is 12.5 Å². The van der Waals surface area contributed by atoms with E-state index in [4.69, 9.17) is 5.73 Å². The third kappa shape index (κ3) is 7.17. The van der Waals surface area contributed by atoms with Gasteiger partial charge in [0.2, 0.25) is 0 Å². The number of nitrogens with one attached hydrogen (secondary N) is 2. The summed E-state index contributed by atoms with van der Waals surface area (Å²) in [6.07, 6.45) is 1.47. The number of rotatable bonds is 10. The minimum Gasteiger partial charge on any atom is -0.388 e. The first-order valence-electron chi connectivity index (χ1n) is 13.8. The van der Waals surface area contributed by atoms with Gasteiger partial charge in [0.1, 0.15) is 0 Å². The molecule has 3 atom stereocenters. The van der Waals surface area contributed by atoms with Gasteiger partial charge in [-0.2, -0.15) is 13.2 Å². The van der Waals surface area contributed by atoms with Gasteiger partial charge in [0, 0.05) is 35.3 Å². The molecule has 1 unspecified atom stereocenters. The molecule has 0 aromatic heterocycles.